The van der Waals surface area contributed by atoms with Gasteiger partial charge in [0.25, 0.3) is 5.91 Å². The Balaban J connectivity index is 2.36. The number of phenolic OH excluding ortho intramolecular Hbond substituents is 2. The molecule has 0 heterocycles. The van der Waals surface area contributed by atoms with Crippen molar-refractivity contribution in [2.75, 3.05) is 13.2 Å². The molecule has 0 fully saturated rings. The number of benzene rings is 1. The first kappa shape index (κ1) is 13.8. The Morgan fingerprint density at radius 2 is 2.00 bits per heavy atom. The maximum Gasteiger partial charge on any atom is 0.302 e. The average molecular weight is 253 g/mol. The van der Waals surface area contributed by atoms with Crippen LogP contribution in [0.1, 0.15) is 23.7 Å². The number of carbonyl (C=O) groups is 2. The van der Waals surface area contributed by atoms with E-state index in [2.05, 4.69) is 5.32 Å². The van der Waals surface area contributed by atoms with Crippen molar-refractivity contribution in [2.24, 2.45) is 0 Å². The molecule has 0 aliphatic carbocycles. The van der Waals surface area contributed by atoms with Crippen LogP contribution in [0.4, 0.5) is 0 Å². The number of phenols is 2. The van der Waals surface area contributed by atoms with Gasteiger partial charge in [-0.3, -0.25) is 9.59 Å². The van der Waals surface area contributed by atoms with Crippen LogP contribution in [0.15, 0.2) is 18.2 Å². The number of hydrogen-bond acceptors (Lipinski definition) is 5. The lowest BCUT2D eigenvalue weighted by atomic mass is 10.2. The van der Waals surface area contributed by atoms with E-state index in [0.29, 0.717) is 13.0 Å². The number of esters is 1. The van der Waals surface area contributed by atoms with Gasteiger partial charge in [-0.2, -0.15) is 0 Å². The van der Waals surface area contributed by atoms with Gasteiger partial charge in [0.05, 0.1) is 6.61 Å². The van der Waals surface area contributed by atoms with E-state index in [9.17, 15) is 14.7 Å². The lowest BCUT2D eigenvalue weighted by molar-refractivity contribution is -0.140. The standard InChI is InChI=1S/C12H15NO5/c1-8(14)18-6-2-5-13-12(17)9-3-4-10(15)11(16)7-9/h3-4,7,15-16H,2,5-6H2,1H3,(H,13,17). The fourth-order valence-electron chi connectivity index (χ4n) is 1.26. The molecule has 0 saturated carbocycles. The summed E-state index contributed by atoms with van der Waals surface area (Å²) in [5.41, 5.74) is 0.248. The Bertz CT molecular complexity index is 444. The lowest BCUT2D eigenvalue weighted by Crippen LogP contribution is -2.25. The largest absolute Gasteiger partial charge is 0.504 e. The van der Waals surface area contributed by atoms with Gasteiger partial charge in [-0.1, -0.05) is 0 Å². The third-order valence-corrected chi connectivity index (χ3v) is 2.15. The minimum absolute atomic E-state index is 0.246. The van der Waals surface area contributed by atoms with Gasteiger partial charge in [-0.15, -0.1) is 0 Å². The quantitative estimate of drug-likeness (QED) is 0.409. The molecular formula is C12H15NO5. The third kappa shape index (κ3) is 4.32. The molecule has 0 aromatic heterocycles. The maximum absolute atomic E-state index is 11.6. The van der Waals surface area contributed by atoms with Crippen molar-refractivity contribution in [3.05, 3.63) is 23.8 Å². The molecular weight excluding hydrogens is 238 g/mol. The Kier molecular flexibility index (Phi) is 4.98. The second kappa shape index (κ2) is 6.48. The first-order valence-corrected chi connectivity index (χ1v) is 5.44. The summed E-state index contributed by atoms with van der Waals surface area (Å²) in [6.45, 7) is 1.92. The number of ether oxygens (including phenoxy) is 1. The van der Waals surface area contributed by atoms with E-state index < -0.39 is 0 Å². The van der Waals surface area contributed by atoms with Gasteiger partial charge >= 0.3 is 5.97 Å². The highest BCUT2D eigenvalue weighted by atomic mass is 16.5. The fraction of sp³-hybridized carbons (Fsp3) is 0.333. The van der Waals surface area contributed by atoms with Crippen LogP contribution in [0.5, 0.6) is 11.5 Å². The molecule has 0 atom stereocenters. The molecule has 1 aromatic rings. The Hall–Kier alpha value is -2.24. The molecule has 0 aliphatic rings. The minimum atomic E-state index is -0.367. The van der Waals surface area contributed by atoms with Crippen LogP contribution in [-0.4, -0.2) is 35.2 Å². The summed E-state index contributed by atoms with van der Waals surface area (Å²) < 4.78 is 4.70. The van der Waals surface area contributed by atoms with Crippen LogP contribution in [0.25, 0.3) is 0 Å². The van der Waals surface area contributed by atoms with Gasteiger partial charge in [0, 0.05) is 19.0 Å². The van der Waals surface area contributed by atoms with E-state index >= 15 is 0 Å². The molecule has 6 heteroatoms. The molecule has 1 amide bonds. The van der Waals surface area contributed by atoms with E-state index in [1.54, 1.807) is 0 Å². The molecule has 6 nitrogen and oxygen atoms in total. The highest BCUT2D eigenvalue weighted by Crippen LogP contribution is 2.24. The average Bonchev–Trinajstić information content (AvgIpc) is 2.31. The first-order valence-electron chi connectivity index (χ1n) is 5.44. The number of carbonyl (C=O) groups excluding carboxylic acids is 2. The molecule has 1 aromatic carbocycles. The molecule has 0 bridgehead atoms. The van der Waals surface area contributed by atoms with Crippen molar-refractivity contribution in [1.82, 2.24) is 5.32 Å². The van der Waals surface area contributed by atoms with E-state index in [1.807, 2.05) is 0 Å². The second-order valence-corrected chi connectivity index (χ2v) is 3.65. The summed E-state index contributed by atoms with van der Waals surface area (Å²) in [6.07, 6.45) is 0.509. The van der Waals surface area contributed by atoms with Crippen LogP contribution >= 0.6 is 0 Å². The molecule has 3 N–H and O–H groups in total. The summed E-state index contributed by atoms with van der Waals surface area (Å²) in [6, 6.07) is 3.82. The zero-order valence-corrected chi connectivity index (χ0v) is 9.97. The summed E-state index contributed by atoms with van der Waals surface area (Å²) in [5, 5.41) is 20.9. The van der Waals surface area contributed by atoms with Crippen LogP contribution in [-0.2, 0) is 9.53 Å². The second-order valence-electron chi connectivity index (χ2n) is 3.65. The van der Waals surface area contributed by atoms with Crippen LogP contribution in [0.2, 0.25) is 0 Å². The number of hydrogen-bond donors (Lipinski definition) is 3. The lowest BCUT2D eigenvalue weighted by Gasteiger charge is -2.06. The van der Waals surface area contributed by atoms with Crippen molar-refractivity contribution in [2.45, 2.75) is 13.3 Å². The van der Waals surface area contributed by atoms with Gasteiger partial charge < -0.3 is 20.3 Å². The number of nitrogens with one attached hydrogen (secondary N) is 1. The maximum atomic E-state index is 11.6. The van der Waals surface area contributed by atoms with Crippen LogP contribution in [0, 0.1) is 0 Å². The zero-order valence-electron chi connectivity index (χ0n) is 9.97. The number of amides is 1. The number of rotatable bonds is 5. The Morgan fingerprint density at radius 1 is 1.28 bits per heavy atom. The highest BCUT2D eigenvalue weighted by molar-refractivity contribution is 5.94. The van der Waals surface area contributed by atoms with Crippen LogP contribution < -0.4 is 5.32 Å². The summed E-state index contributed by atoms with van der Waals surface area (Å²) in [7, 11) is 0. The molecule has 0 spiro atoms. The van der Waals surface area contributed by atoms with Gasteiger partial charge in [0.1, 0.15) is 0 Å². The predicted molar refractivity (Wildman–Crippen MR) is 63.4 cm³/mol. The van der Waals surface area contributed by atoms with Gasteiger partial charge in [0.2, 0.25) is 0 Å². The minimum Gasteiger partial charge on any atom is -0.504 e. The van der Waals surface area contributed by atoms with Crippen molar-refractivity contribution in [3.63, 3.8) is 0 Å². The Labute approximate surface area is 104 Å². The SMILES string of the molecule is CC(=O)OCCCNC(=O)c1ccc(O)c(O)c1. The molecule has 0 saturated heterocycles. The van der Waals surface area contributed by atoms with Crippen molar-refractivity contribution in [1.29, 1.82) is 0 Å². The molecule has 18 heavy (non-hydrogen) atoms. The highest BCUT2D eigenvalue weighted by Gasteiger charge is 2.07. The Morgan fingerprint density at radius 3 is 2.61 bits per heavy atom. The van der Waals surface area contributed by atoms with E-state index in [0.717, 1.165) is 0 Å². The van der Waals surface area contributed by atoms with E-state index in [-0.39, 0.29) is 35.5 Å². The monoisotopic (exact) mass is 253 g/mol. The molecule has 98 valence electrons. The van der Waals surface area contributed by atoms with Crippen molar-refractivity contribution >= 4 is 11.9 Å². The predicted octanol–water partition coefficient (Wildman–Crippen LogP) is 0.781. The first-order chi connectivity index (χ1) is 8.50. The summed E-state index contributed by atoms with van der Waals surface area (Å²) >= 11 is 0. The molecule has 1 rings (SSSR count). The topological polar surface area (TPSA) is 95.9 Å². The fourth-order valence-corrected chi connectivity index (χ4v) is 1.26. The van der Waals surface area contributed by atoms with E-state index in [4.69, 9.17) is 9.84 Å². The summed E-state index contributed by atoms with van der Waals surface area (Å²) in [5.74, 6) is -1.35. The molecule has 0 radical (unpaired) electrons. The van der Waals surface area contributed by atoms with Crippen molar-refractivity contribution < 1.29 is 24.5 Å². The van der Waals surface area contributed by atoms with Gasteiger partial charge in [0.15, 0.2) is 11.5 Å². The third-order valence-electron chi connectivity index (χ3n) is 2.15. The van der Waals surface area contributed by atoms with Crippen molar-refractivity contribution in [3.8, 4) is 11.5 Å². The smallest absolute Gasteiger partial charge is 0.302 e. The number of aromatic hydroxyl groups is 2. The normalized spacial score (nSPS) is 9.83. The van der Waals surface area contributed by atoms with E-state index in [1.165, 1.54) is 25.1 Å². The van der Waals surface area contributed by atoms with Gasteiger partial charge in [-0.05, 0) is 24.6 Å². The van der Waals surface area contributed by atoms with Gasteiger partial charge in [-0.25, -0.2) is 0 Å². The molecule has 0 unspecified atom stereocenters. The van der Waals surface area contributed by atoms with Crippen LogP contribution in [0.3, 0.4) is 0 Å². The summed E-state index contributed by atoms with van der Waals surface area (Å²) in [4.78, 5) is 22.1. The zero-order chi connectivity index (χ0) is 13.5. The molecule has 0 aliphatic heterocycles.